The lowest BCUT2D eigenvalue weighted by molar-refractivity contribution is -0.179. The molecular weight excluding hydrogens is 236 g/mol. The van der Waals surface area contributed by atoms with Gasteiger partial charge in [-0.2, -0.15) is 0 Å². The van der Waals surface area contributed by atoms with E-state index in [0.717, 1.165) is 0 Å². The average Bonchev–Trinajstić information content (AvgIpc) is 2.22. The Kier molecular flexibility index (Phi) is 5.32. The first-order chi connectivity index (χ1) is 7.99. The van der Waals surface area contributed by atoms with Crippen molar-refractivity contribution in [1.82, 2.24) is 0 Å². The van der Waals surface area contributed by atoms with Crippen molar-refractivity contribution >= 4 is 17.6 Å². The van der Waals surface area contributed by atoms with Gasteiger partial charge in [0.15, 0.2) is 0 Å². The van der Waals surface area contributed by atoms with Gasteiger partial charge < -0.3 is 14.3 Å². The third-order valence-corrected chi connectivity index (χ3v) is 1.83. The lowest BCUT2D eigenvalue weighted by Crippen LogP contribution is -2.40. The number of oxime groups is 1. The molecule has 0 bridgehead atoms. The molecule has 0 spiro atoms. The SMILES string of the molecule is COC(=N)/C(C)=N/OC(C)(C)C(=O)OC(C)(C)C. The lowest BCUT2D eigenvalue weighted by atomic mass is 10.1. The minimum absolute atomic E-state index is 0.116. The average molecular weight is 258 g/mol. The van der Waals surface area contributed by atoms with Crippen LogP contribution in [0.15, 0.2) is 5.16 Å². The Labute approximate surface area is 108 Å². The van der Waals surface area contributed by atoms with Crippen molar-refractivity contribution in [1.29, 1.82) is 5.41 Å². The van der Waals surface area contributed by atoms with Crippen molar-refractivity contribution in [3.05, 3.63) is 0 Å². The summed E-state index contributed by atoms with van der Waals surface area (Å²) in [6.45, 7) is 9.97. The number of methoxy groups -OCH3 is 1. The molecule has 0 amide bonds. The Morgan fingerprint density at radius 1 is 1.17 bits per heavy atom. The van der Waals surface area contributed by atoms with Crippen LogP contribution in [0.3, 0.4) is 0 Å². The van der Waals surface area contributed by atoms with Gasteiger partial charge in [0, 0.05) is 0 Å². The van der Waals surface area contributed by atoms with Crippen LogP contribution in [-0.4, -0.2) is 35.9 Å². The van der Waals surface area contributed by atoms with E-state index in [4.69, 9.17) is 15.0 Å². The largest absolute Gasteiger partial charge is 0.480 e. The smallest absolute Gasteiger partial charge is 0.353 e. The molecule has 104 valence electrons. The monoisotopic (exact) mass is 258 g/mol. The van der Waals surface area contributed by atoms with Crippen LogP contribution in [0.2, 0.25) is 0 Å². The molecule has 0 radical (unpaired) electrons. The van der Waals surface area contributed by atoms with Crippen LogP contribution < -0.4 is 0 Å². The summed E-state index contributed by atoms with van der Waals surface area (Å²) < 4.78 is 9.88. The molecule has 0 aliphatic heterocycles. The first kappa shape index (κ1) is 16.4. The second kappa shape index (κ2) is 5.84. The zero-order valence-corrected chi connectivity index (χ0v) is 12.1. The number of carbonyl (C=O) groups excluding carboxylic acids is 1. The number of ether oxygens (including phenoxy) is 2. The van der Waals surface area contributed by atoms with Gasteiger partial charge in [0.25, 0.3) is 0 Å². The maximum Gasteiger partial charge on any atom is 0.353 e. The third kappa shape index (κ3) is 5.65. The number of nitrogens with one attached hydrogen (secondary N) is 1. The van der Waals surface area contributed by atoms with Gasteiger partial charge in [0.2, 0.25) is 11.5 Å². The summed E-state index contributed by atoms with van der Waals surface area (Å²) in [5.74, 6) is -0.634. The first-order valence-corrected chi connectivity index (χ1v) is 5.59. The summed E-state index contributed by atoms with van der Waals surface area (Å²) >= 11 is 0. The number of carbonyl (C=O) groups is 1. The van der Waals surface area contributed by atoms with Gasteiger partial charge >= 0.3 is 5.97 Å². The Morgan fingerprint density at radius 2 is 1.67 bits per heavy atom. The highest BCUT2D eigenvalue weighted by molar-refractivity contribution is 6.36. The van der Waals surface area contributed by atoms with Crippen molar-refractivity contribution in [2.45, 2.75) is 52.7 Å². The number of hydrogen-bond donors (Lipinski definition) is 1. The molecule has 0 rings (SSSR count). The molecule has 1 N–H and O–H groups in total. The molecule has 0 saturated heterocycles. The molecule has 0 aliphatic rings. The molecule has 0 aromatic carbocycles. The fraction of sp³-hybridized carbons (Fsp3) is 0.750. The van der Waals surface area contributed by atoms with Crippen LogP contribution in [0.5, 0.6) is 0 Å². The molecular formula is C12H22N2O4. The van der Waals surface area contributed by atoms with Crippen LogP contribution in [0.1, 0.15) is 41.5 Å². The van der Waals surface area contributed by atoms with E-state index in [0.29, 0.717) is 0 Å². The first-order valence-electron chi connectivity index (χ1n) is 5.59. The summed E-state index contributed by atoms with van der Waals surface area (Å²) in [6.07, 6.45) is 0. The van der Waals surface area contributed by atoms with Gasteiger partial charge in [0.1, 0.15) is 11.3 Å². The van der Waals surface area contributed by atoms with Gasteiger partial charge in [-0.1, -0.05) is 5.16 Å². The summed E-state index contributed by atoms with van der Waals surface area (Å²) in [4.78, 5) is 16.9. The fourth-order valence-corrected chi connectivity index (χ4v) is 0.810. The third-order valence-electron chi connectivity index (χ3n) is 1.83. The maximum atomic E-state index is 11.8. The Balaban J connectivity index is 4.66. The highest BCUT2D eigenvalue weighted by Crippen LogP contribution is 2.17. The van der Waals surface area contributed by atoms with E-state index in [1.54, 1.807) is 41.5 Å². The van der Waals surface area contributed by atoms with Crippen LogP contribution >= 0.6 is 0 Å². The summed E-state index contributed by atoms with van der Waals surface area (Å²) in [5, 5.41) is 11.0. The highest BCUT2D eigenvalue weighted by atomic mass is 16.7. The number of rotatable bonds is 4. The minimum atomic E-state index is -1.22. The Morgan fingerprint density at radius 3 is 2.06 bits per heavy atom. The van der Waals surface area contributed by atoms with Crippen LogP contribution in [0, 0.1) is 5.41 Å². The molecule has 0 atom stereocenters. The minimum Gasteiger partial charge on any atom is -0.480 e. The predicted molar refractivity (Wildman–Crippen MR) is 68.9 cm³/mol. The summed E-state index contributed by atoms with van der Waals surface area (Å²) in [6, 6.07) is 0. The van der Waals surface area contributed by atoms with Gasteiger partial charge in [-0.05, 0) is 41.5 Å². The van der Waals surface area contributed by atoms with E-state index in [2.05, 4.69) is 9.89 Å². The van der Waals surface area contributed by atoms with Crippen molar-refractivity contribution in [3.8, 4) is 0 Å². The predicted octanol–water partition coefficient (Wildman–Crippen LogP) is 2.12. The molecule has 0 unspecified atom stereocenters. The maximum absolute atomic E-state index is 11.8. The van der Waals surface area contributed by atoms with E-state index in [9.17, 15) is 4.79 Å². The highest BCUT2D eigenvalue weighted by Gasteiger charge is 2.35. The number of hydrogen-bond acceptors (Lipinski definition) is 6. The Hall–Kier alpha value is -1.59. The zero-order chi connectivity index (χ0) is 14.6. The molecule has 0 aromatic heterocycles. The quantitative estimate of drug-likeness (QED) is 0.362. The van der Waals surface area contributed by atoms with E-state index in [1.807, 2.05) is 0 Å². The van der Waals surface area contributed by atoms with Crippen molar-refractivity contribution < 1.29 is 19.1 Å². The van der Waals surface area contributed by atoms with E-state index >= 15 is 0 Å². The molecule has 0 aromatic rings. The van der Waals surface area contributed by atoms with Crippen LogP contribution in [-0.2, 0) is 19.1 Å². The second-order valence-corrected chi connectivity index (χ2v) is 5.31. The zero-order valence-electron chi connectivity index (χ0n) is 12.1. The van der Waals surface area contributed by atoms with Crippen LogP contribution in [0.4, 0.5) is 0 Å². The summed E-state index contributed by atoms with van der Waals surface area (Å²) in [7, 11) is 1.36. The lowest BCUT2D eigenvalue weighted by Gasteiger charge is -2.26. The van der Waals surface area contributed by atoms with E-state index < -0.39 is 17.2 Å². The molecule has 0 fully saturated rings. The van der Waals surface area contributed by atoms with E-state index in [-0.39, 0.29) is 11.6 Å². The number of nitrogens with zero attached hydrogens (tertiary/aromatic N) is 1. The topological polar surface area (TPSA) is 81.0 Å². The Bertz CT molecular complexity index is 354. The van der Waals surface area contributed by atoms with Crippen molar-refractivity contribution in [3.63, 3.8) is 0 Å². The normalized spacial score (nSPS) is 12.9. The van der Waals surface area contributed by atoms with Gasteiger partial charge in [-0.15, -0.1) is 0 Å². The van der Waals surface area contributed by atoms with Crippen molar-refractivity contribution in [2.75, 3.05) is 7.11 Å². The standard InChI is InChI=1S/C12H22N2O4/c1-8(9(13)16-7)14-18-12(5,6)10(15)17-11(2,3)4/h13H,1-7H3/b13-9?,14-8+. The van der Waals surface area contributed by atoms with E-state index in [1.165, 1.54) is 7.11 Å². The van der Waals surface area contributed by atoms with Crippen LogP contribution in [0.25, 0.3) is 0 Å². The van der Waals surface area contributed by atoms with Gasteiger partial charge in [-0.3, -0.25) is 5.41 Å². The molecule has 0 aliphatic carbocycles. The second-order valence-electron chi connectivity index (χ2n) is 5.31. The van der Waals surface area contributed by atoms with Gasteiger partial charge in [-0.25, -0.2) is 4.79 Å². The molecule has 6 nitrogen and oxygen atoms in total. The molecule has 18 heavy (non-hydrogen) atoms. The summed E-state index contributed by atoms with van der Waals surface area (Å²) in [5.41, 5.74) is -1.56. The van der Waals surface area contributed by atoms with Gasteiger partial charge in [0.05, 0.1) is 7.11 Å². The molecule has 0 heterocycles. The fourth-order valence-electron chi connectivity index (χ4n) is 0.810. The molecule has 0 saturated carbocycles. The number of esters is 1. The van der Waals surface area contributed by atoms with Crippen molar-refractivity contribution in [2.24, 2.45) is 5.16 Å². The molecule has 6 heteroatoms.